The molecule has 2 aromatic rings. The Hall–Kier alpha value is -2.07. The van der Waals surface area contributed by atoms with E-state index < -0.39 is 0 Å². The van der Waals surface area contributed by atoms with Crippen LogP contribution in [0.15, 0.2) is 48.8 Å². The topological polar surface area (TPSA) is 51.6 Å². The van der Waals surface area contributed by atoms with Crippen LogP contribution in [0.2, 0.25) is 0 Å². The summed E-state index contributed by atoms with van der Waals surface area (Å²) in [5.74, 6) is 1.41. The van der Waals surface area contributed by atoms with Crippen LogP contribution in [0.1, 0.15) is 5.56 Å². The van der Waals surface area contributed by atoms with Gasteiger partial charge in [-0.2, -0.15) is 0 Å². The molecule has 0 fully saturated rings. The minimum atomic E-state index is -0.0581. The maximum atomic E-state index is 9.11. The number of rotatable bonds is 6. The van der Waals surface area contributed by atoms with E-state index in [-0.39, 0.29) is 6.61 Å². The van der Waals surface area contributed by atoms with Crippen LogP contribution in [-0.2, 0) is 6.61 Å². The Labute approximate surface area is 106 Å². The molecule has 18 heavy (non-hydrogen) atoms. The van der Waals surface area contributed by atoms with Crippen molar-refractivity contribution in [3.05, 3.63) is 54.4 Å². The normalized spacial score (nSPS) is 10.1. The molecule has 4 heteroatoms. The Morgan fingerprint density at radius 2 is 1.78 bits per heavy atom. The molecule has 0 aliphatic carbocycles. The van der Waals surface area contributed by atoms with Crippen LogP contribution >= 0.6 is 0 Å². The molecule has 1 heterocycles. The molecular formula is C14H15NO3. The van der Waals surface area contributed by atoms with Crippen molar-refractivity contribution in [3.63, 3.8) is 0 Å². The van der Waals surface area contributed by atoms with E-state index in [1.54, 1.807) is 18.5 Å². The molecule has 0 aliphatic rings. The van der Waals surface area contributed by atoms with Crippen LogP contribution in [0, 0.1) is 0 Å². The Morgan fingerprint density at radius 1 is 1.00 bits per heavy atom. The van der Waals surface area contributed by atoms with Gasteiger partial charge in [-0.25, -0.2) is 0 Å². The average Bonchev–Trinajstić information content (AvgIpc) is 2.45. The number of hydrogen-bond acceptors (Lipinski definition) is 4. The maximum Gasteiger partial charge on any atom is 0.143 e. The summed E-state index contributed by atoms with van der Waals surface area (Å²) in [5.41, 5.74) is 0.727. The van der Waals surface area contributed by atoms with Crippen LogP contribution in [0.25, 0.3) is 0 Å². The van der Waals surface area contributed by atoms with Gasteiger partial charge in [-0.05, 0) is 18.2 Å². The van der Waals surface area contributed by atoms with E-state index in [1.807, 2.05) is 30.3 Å². The first kappa shape index (κ1) is 12.4. The van der Waals surface area contributed by atoms with Crippen molar-refractivity contribution in [2.75, 3.05) is 13.2 Å². The van der Waals surface area contributed by atoms with Gasteiger partial charge in [0.25, 0.3) is 0 Å². The summed E-state index contributed by atoms with van der Waals surface area (Å²) in [5, 5.41) is 9.11. The lowest BCUT2D eigenvalue weighted by Gasteiger charge is -2.10. The monoisotopic (exact) mass is 245 g/mol. The number of pyridine rings is 1. The zero-order valence-electron chi connectivity index (χ0n) is 9.95. The van der Waals surface area contributed by atoms with E-state index >= 15 is 0 Å². The Morgan fingerprint density at radius 3 is 2.56 bits per heavy atom. The van der Waals surface area contributed by atoms with Gasteiger partial charge < -0.3 is 14.6 Å². The molecule has 1 aromatic carbocycles. The van der Waals surface area contributed by atoms with Gasteiger partial charge in [0.15, 0.2) is 0 Å². The molecule has 2 rings (SSSR count). The van der Waals surface area contributed by atoms with Crippen molar-refractivity contribution in [2.24, 2.45) is 0 Å². The molecule has 1 aromatic heterocycles. The van der Waals surface area contributed by atoms with Crippen molar-refractivity contribution in [1.82, 2.24) is 4.98 Å². The summed E-state index contributed by atoms with van der Waals surface area (Å²) in [4.78, 5) is 3.95. The number of aliphatic hydroxyl groups excluding tert-OH is 1. The second kappa shape index (κ2) is 6.61. The minimum absolute atomic E-state index is 0.0581. The summed E-state index contributed by atoms with van der Waals surface area (Å²) in [7, 11) is 0. The fourth-order valence-corrected chi connectivity index (χ4v) is 1.50. The average molecular weight is 245 g/mol. The smallest absolute Gasteiger partial charge is 0.143 e. The molecule has 94 valence electrons. The Kier molecular flexibility index (Phi) is 4.55. The molecular weight excluding hydrogens is 230 g/mol. The molecule has 1 N–H and O–H groups in total. The van der Waals surface area contributed by atoms with Gasteiger partial charge in [0, 0.05) is 11.8 Å². The molecule has 0 unspecified atom stereocenters. The van der Waals surface area contributed by atoms with Crippen molar-refractivity contribution >= 4 is 0 Å². The number of aromatic nitrogens is 1. The van der Waals surface area contributed by atoms with Gasteiger partial charge in [-0.1, -0.05) is 18.2 Å². The highest BCUT2D eigenvalue weighted by Gasteiger charge is 2.01. The predicted octanol–water partition coefficient (Wildman–Crippen LogP) is 2.03. The molecule has 0 amide bonds. The van der Waals surface area contributed by atoms with Crippen molar-refractivity contribution < 1.29 is 14.6 Å². The molecule has 0 atom stereocenters. The fraction of sp³-hybridized carbons (Fsp3) is 0.214. The van der Waals surface area contributed by atoms with Crippen LogP contribution in [0.4, 0.5) is 0 Å². The first-order valence-electron chi connectivity index (χ1n) is 5.74. The number of para-hydroxylation sites is 1. The standard InChI is InChI=1S/C14H15NO3/c16-11-12-6-7-15-10-14(12)18-9-8-17-13-4-2-1-3-5-13/h1-7,10,16H,8-9,11H2. The van der Waals surface area contributed by atoms with Gasteiger partial charge >= 0.3 is 0 Å². The quantitative estimate of drug-likeness (QED) is 0.791. The summed E-state index contributed by atoms with van der Waals surface area (Å²) in [6, 6.07) is 11.3. The molecule has 0 bridgehead atoms. The third-order valence-electron chi connectivity index (χ3n) is 2.39. The maximum absolute atomic E-state index is 9.11. The molecule has 0 spiro atoms. The third kappa shape index (κ3) is 3.46. The van der Waals surface area contributed by atoms with E-state index in [1.165, 1.54) is 0 Å². The zero-order valence-corrected chi connectivity index (χ0v) is 9.95. The largest absolute Gasteiger partial charge is 0.490 e. The van der Waals surface area contributed by atoms with Crippen molar-refractivity contribution in [1.29, 1.82) is 0 Å². The highest BCUT2D eigenvalue weighted by atomic mass is 16.5. The van der Waals surface area contributed by atoms with Gasteiger partial charge in [-0.3, -0.25) is 4.98 Å². The summed E-state index contributed by atoms with van der Waals surface area (Å²) in [6.45, 7) is 0.800. The highest BCUT2D eigenvalue weighted by molar-refractivity contribution is 5.28. The van der Waals surface area contributed by atoms with Gasteiger partial charge in [-0.15, -0.1) is 0 Å². The van der Waals surface area contributed by atoms with Gasteiger partial charge in [0.2, 0.25) is 0 Å². The third-order valence-corrected chi connectivity index (χ3v) is 2.39. The van der Waals surface area contributed by atoms with E-state index in [0.717, 1.165) is 11.3 Å². The minimum Gasteiger partial charge on any atom is -0.490 e. The van der Waals surface area contributed by atoms with E-state index in [9.17, 15) is 0 Å². The second-order valence-corrected chi connectivity index (χ2v) is 3.65. The first-order chi connectivity index (χ1) is 8.90. The Bertz CT molecular complexity index is 473. The second-order valence-electron chi connectivity index (χ2n) is 3.65. The van der Waals surface area contributed by atoms with Crippen LogP contribution < -0.4 is 9.47 Å². The van der Waals surface area contributed by atoms with Crippen LogP contribution in [-0.4, -0.2) is 23.3 Å². The first-order valence-corrected chi connectivity index (χ1v) is 5.74. The number of nitrogens with zero attached hydrogens (tertiary/aromatic N) is 1. The van der Waals surface area contributed by atoms with E-state index in [2.05, 4.69) is 4.98 Å². The summed E-state index contributed by atoms with van der Waals surface area (Å²) < 4.78 is 11.0. The van der Waals surface area contributed by atoms with Crippen LogP contribution in [0.5, 0.6) is 11.5 Å². The number of benzene rings is 1. The highest BCUT2D eigenvalue weighted by Crippen LogP contribution is 2.16. The predicted molar refractivity (Wildman–Crippen MR) is 67.6 cm³/mol. The van der Waals surface area contributed by atoms with E-state index in [0.29, 0.717) is 19.0 Å². The summed E-state index contributed by atoms with van der Waals surface area (Å²) >= 11 is 0. The summed E-state index contributed by atoms with van der Waals surface area (Å²) in [6.07, 6.45) is 3.22. The fourth-order valence-electron chi connectivity index (χ4n) is 1.50. The number of ether oxygens (including phenoxy) is 2. The molecule has 0 radical (unpaired) electrons. The zero-order chi connectivity index (χ0) is 12.6. The molecule has 0 aliphatic heterocycles. The lowest BCUT2D eigenvalue weighted by atomic mass is 10.2. The van der Waals surface area contributed by atoms with Crippen LogP contribution in [0.3, 0.4) is 0 Å². The molecule has 0 saturated heterocycles. The lowest BCUT2D eigenvalue weighted by molar-refractivity contribution is 0.209. The van der Waals surface area contributed by atoms with Gasteiger partial charge in [0.05, 0.1) is 12.8 Å². The Balaban J connectivity index is 1.78. The molecule has 0 saturated carbocycles. The lowest BCUT2D eigenvalue weighted by Crippen LogP contribution is -2.10. The van der Waals surface area contributed by atoms with Crippen molar-refractivity contribution in [2.45, 2.75) is 6.61 Å². The van der Waals surface area contributed by atoms with Crippen molar-refractivity contribution in [3.8, 4) is 11.5 Å². The van der Waals surface area contributed by atoms with Gasteiger partial charge in [0.1, 0.15) is 24.7 Å². The number of aliphatic hydroxyl groups is 1. The molecule has 4 nitrogen and oxygen atoms in total. The number of hydrogen-bond donors (Lipinski definition) is 1. The SMILES string of the molecule is OCc1ccncc1OCCOc1ccccc1. The van der Waals surface area contributed by atoms with E-state index in [4.69, 9.17) is 14.6 Å².